The average molecular weight is 476 g/mol. The molecule has 0 saturated carbocycles. The van der Waals surface area contributed by atoms with Gasteiger partial charge in [0.25, 0.3) is 11.8 Å². The van der Waals surface area contributed by atoms with Crippen LogP contribution in [0.25, 0.3) is 0 Å². The van der Waals surface area contributed by atoms with Crippen molar-refractivity contribution in [1.82, 2.24) is 15.4 Å². The summed E-state index contributed by atoms with van der Waals surface area (Å²) in [4.78, 5) is 29.3. The minimum Gasteiger partial charge on any atom is -0.267 e. The predicted molar refractivity (Wildman–Crippen MR) is 102 cm³/mol. The number of hydrogen-bond acceptors (Lipinski definition) is 3. The van der Waals surface area contributed by atoms with E-state index in [1.807, 2.05) is 22.6 Å². The molecule has 25 heavy (non-hydrogen) atoms. The Morgan fingerprint density at radius 2 is 1.92 bits per heavy atom. The Kier molecular flexibility index (Phi) is 5.99. The molecule has 2 aromatic rings. The molecular formula is C17H16ClFIN3O2. The molecule has 1 heterocycles. The first kappa shape index (κ1) is 19.6. The summed E-state index contributed by atoms with van der Waals surface area (Å²) in [5, 5.41) is 1.15. The normalized spacial score (nSPS) is 11.1. The molecular weight excluding hydrogens is 460 g/mol. The molecule has 0 radical (unpaired) electrons. The Hall–Kier alpha value is -1.74. The van der Waals surface area contributed by atoms with Crippen molar-refractivity contribution in [3.63, 3.8) is 0 Å². The lowest BCUT2D eigenvalue weighted by atomic mass is 10.1. The molecule has 132 valence electrons. The zero-order valence-corrected chi connectivity index (χ0v) is 16.7. The van der Waals surface area contributed by atoms with Crippen molar-refractivity contribution in [1.29, 1.82) is 0 Å². The van der Waals surface area contributed by atoms with Crippen molar-refractivity contribution >= 4 is 46.0 Å². The lowest BCUT2D eigenvalue weighted by molar-refractivity contribution is 0.0356. The van der Waals surface area contributed by atoms with Gasteiger partial charge in [-0.2, -0.15) is 0 Å². The fourth-order valence-electron chi connectivity index (χ4n) is 2.06. The van der Waals surface area contributed by atoms with Crippen LogP contribution in [0.1, 0.15) is 41.5 Å². The average Bonchev–Trinajstić information content (AvgIpc) is 2.51. The summed E-state index contributed by atoms with van der Waals surface area (Å²) in [7, 11) is 0. The SMILES string of the molecule is CC(C)(C)N(NC(=O)c1c(F)cccc1I)C(=O)c1cccnc1Cl. The third kappa shape index (κ3) is 4.46. The van der Waals surface area contributed by atoms with Crippen molar-refractivity contribution in [2.75, 3.05) is 0 Å². The van der Waals surface area contributed by atoms with Crippen molar-refractivity contribution in [3.05, 3.63) is 62.2 Å². The quantitative estimate of drug-likeness (QED) is 0.405. The number of pyridine rings is 1. The van der Waals surface area contributed by atoms with E-state index >= 15 is 0 Å². The van der Waals surface area contributed by atoms with Crippen LogP contribution < -0.4 is 5.43 Å². The number of carbonyl (C=O) groups excluding carboxylic acids is 2. The molecule has 0 unspecified atom stereocenters. The van der Waals surface area contributed by atoms with Crippen molar-refractivity contribution in [2.45, 2.75) is 26.3 Å². The van der Waals surface area contributed by atoms with Crippen LogP contribution in [-0.4, -0.2) is 27.3 Å². The zero-order chi connectivity index (χ0) is 18.8. The molecule has 0 fully saturated rings. The summed E-state index contributed by atoms with van der Waals surface area (Å²) < 4.78 is 14.5. The van der Waals surface area contributed by atoms with Crippen molar-refractivity contribution in [2.24, 2.45) is 0 Å². The van der Waals surface area contributed by atoms with Crippen LogP contribution in [0.4, 0.5) is 4.39 Å². The standard InChI is InChI=1S/C17H16ClFIN3O2/c1-17(2,3)23(16(25)10-6-5-9-21-14(10)18)22-15(24)13-11(19)7-4-8-12(13)20/h4-9H,1-3H3,(H,22,24). The molecule has 2 rings (SSSR count). The molecule has 1 N–H and O–H groups in total. The Morgan fingerprint density at radius 1 is 1.24 bits per heavy atom. The zero-order valence-electron chi connectivity index (χ0n) is 13.8. The van der Waals surface area contributed by atoms with E-state index in [0.29, 0.717) is 3.57 Å². The fourth-order valence-corrected chi connectivity index (χ4v) is 2.97. The number of benzene rings is 1. The summed E-state index contributed by atoms with van der Waals surface area (Å²) in [5.74, 6) is -1.92. The van der Waals surface area contributed by atoms with E-state index in [1.54, 1.807) is 32.9 Å². The van der Waals surface area contributed by atoms with Gasteiger partial charge < -0.3 is 0 Å². The maximum atomic E-state index is 14.0. The first-order chi connectivity index (χ1) is 11.6. The second-order valence-electron chi connectivity index (χ2n) is 6.19. The number of halogens is 3. The number of aromatic nitrogens is 1. The number of nitrogens with zero attached hydrogens (tertiary/aromatic N) is 2. The van der Waals surface area contributed by atoms with Gasteiger partial charge >= 0.3 is 0 Å². The van der Waals surface area contributed by atoms with Crippen LogP contribution in [0.3, 0.4) is 0 Å². The van der Waals surface area contributed by atoms with E-state index in [0.717, 1.165) is 5.01 Å². The van der Waals surface area contributed by atoms with Crippen molar-refractivity contribution < 1.29 is 14.0 Å². The van der Waals surface area contributed by atoms with Gasteiger partial charge in [0, 0.05) is 9.77 Å². The predicted octanol–water partition coefficient (Wildman–Crippen LogP) is 4.06. The maximum absolute atomic E-state index is 14.0. The smallest absolute Gasteiger partial charge is 0.267 e. The van der Waals surface area contributed by atoms with E-state index in [1.165, 1.54) is 24.4 Å². The second-order valence-corrected chi connectivity index (χ2v) is 7.71. The molecule has 0 spiro atoms. The molecule has 1 aromatic carbocycles. The second kappa shape index (κ2) is 7.65. The maximum Gasteiger partial charge on any atom is 0.275 e. The summed E-state index contributed by atoms with van der Waals surface area (Å²) in [5.41, 5.74) is 1.74. The molecule has 0 aliphatic rings. The number of nitrogens with one attached hydrogen (secondary N) is 1. The third-order valence-electron chi connectivity index (χ3n) is 3.27. The van der Waals surface area contributed by atoms with Gasteiger partial charge in [0.2, 0.25) is 0 Å². The van der Waals surface area contributed by atoms with E-state index < -0.39 is 23.2 Å². The highest BCUT2D eigenvalue weighted by Gasteiger charge is 2.32. The summed E-state index contributed by atoms with van der Waals surface area (Å²) >= 11 is 7.85. The van der Waals surface area contributed by atoms with E-state index in [4.69, 9.17) is 11.6 Å². The number of amides is 2. The number of hydrazine groups is 1. The fraction of sp³-hybridized carbons (Fsp3) is 0.235. The Bertz CT molecular complexity index is 804. The van der Waals surface area contributed by atoms with Gasteiger partial charge in [0.15, 0.2) is 0 Å². The monoisotopic (exact) mass is 475 g/mol. The van der Waals surface area contributed by atoms with Crippen LogP contribution >= 0.6 is 34.2 Å². The Morgan fingerprint density at radius 3 is 2.48 bits per heavy atom. The molecule has 0 bridgehead atoms. The number of carbonyl (C=O) groups is 2. The number of rotatable bonds is 2. The minimum absolute atomic E-state index is 0.0245. The first-order valence-corrected chi connectivity index (χ1v) is 8.78. The molecule has 0 aliphatic heterocycles. The van der Waals surface area contributed by atoms with E-state index in [9.17, 15) is 14.0 Å². The molecule has 8 heteroatoms. The molecule has 5 nitrogen and oxygen atoms in total. The van der Waals surface area contributed by atoms with Gasteiger partial charge in [0.05, 0.1) is 16.7 Å². The van der Waals surface area contributed by atoms with Crippen LogP contribution in [0.15, 0.2) is 36.5 Å². The highest BCUT2D eigenvalue weighted by atomic mass is 127. The third-order valence-corrected chi connectivity index (χ3v) is 4.47. The lowest BCUT2D eigenvalue weighted by Gasteiger charge is -2.35. The highest BCUT2D eigenvalue weighted by Crippen LogP contribution is 2.21. The summed E-state index contributed by atoms with van der Waals surface area (Å²) in [6.45, 7) is 5.21. The van der Waals surface area contributed by atoms with E-state index in [2.05, 4.69) is 10.4 Å². The Balaban J connectivity index is 2.38. The molecule has 0 saturated heterocycles. The van der Waals surface area contributed by atoms with Gasteiger partial charge in [-0.1, -0.05) is 17.7 Å². The van der Waals surface area contributed by atoms with Crippen molar-refractivity contribution in [3.8, 4) is 0 Å². The number of hydrogen-bond donors (Lipinski definition) is 1. The van der Waals surface area contributed by atoms with Gasteiger partial charge in [-0.25, -0.2) is 14.4 Å². The topological polar surface area (TPSA) is 62.3 Å². The van der Waals surface area contributed by atoms with Gasteiger partial charge in [-0.3, -0.25) is 15.0 Å². The van der Waals surface area contributed by atoms with Crippen LogP contribution in [0, 0.1) is 9.39 Å². The lowest BCUT2D eigenvalue weighted by Crippen LogP contribution is -2.56. The van der Waals surface area contributed by atoms with Gasteiger partial charge in [0.1, 0.15) is 11.0 Å². The van der Waals surface area contributed by atoms with Gasteiger partial charge in [-0.15, -0.1) is 0 Å². The largest absolute Gasteiger partial charge is 0.275 e. The molecule has 1 aromatic heterocycles. The Labute approximate surface area is 163 Å². The molecule has 2 amide bonds. The minimum atomic E-state index is -0.775. The van der Waals surface area contributed by atoms with Crippen LogP contribution in [0.5, 0.6) is 0 Å². The molecule has 0 atom stereocenters. The van der Waals surface area contributed by atoms with Crippen LogP contribution in [0.2, 0.25) is 5.15 Å². The highest BCUT2D eigenvalue weighted by molar-refractivity contribution is 14.1. The summed E-state index contributed by atoms with van der Waals surface area (Å²) in [6.07, 6.45) is 1.46. The van der Waals surface area contributed by atoms with E-state index in [-0.39, 0.29) is 16.3 Å². The van der Waals surface area contributed by atoms with Crippen LogP contribution in [-0.2, 0) is 0 Å². The summed E-state index contributed by atoms with van der Waals surface area (Å²) in [6, 6.07) is 7.39. The van der Waals surface area contributed by atoms with Gasteiger partial charge in [-0.05, 0) is 67.6 Å². The molecule has 0 aliphatic carbocycles. The first-order valence-electron chi connectivity index (χ1n) is 7.33.